The van der Waals surface area contributed by atoms with Crippen molar-refractivity contribution in [2.45, 2.75) is 6.54 Å². The SMILES string of the molecule is O=C(Nc1ccc2c(c1)C(=O)NC2)c1ccccc1. The molecule has 0 unspecified atom stereocenters. The summed E-state index contributed by atoms with van der Waals surface area (Å²) >= 11 is 0. The van der Waals surface area contributed by atoms with Gasteiger partial charge in [0, 0.05) is 23.4 Å². The van der Waals surface area contributed by atoms with Crippen LogP contribution in [0.1, 0.15) is 26.3 Å². The minimum Gasteiger partial charge on any atom is -0.348 e. The highest BCUT2D eigenvalue weighted by molar-refractivity contribution is 6.05. The first-order valence-corrected chi connectivity index (χ1v) is 6.01. The normalized spacial score (nSPS) is 12.7. The van der Waals surface area contributed by atoms with Gasteiger partial charge in [-0.05, 0) is 29.8 Å². The molecular formula is C15H12N2O2. The predicted molar refractivity (Wildman–Crippen MR) is 72.0 cm³/mol. The number of carbonyl (C=O) groups excluding carboxylic acids is 2. The smallest absolute Gasteiger partial charge is 0.255 e. The Morgan fingerprint density at radius 1 is 1.11 bits per heavy atom. The Bertz CT molecular complexity index is 650. The molecule has 0 spiro atoms. The number of amides is 2. The number of anilines is 1. The molecule has 0 bridgehead atoms. The van der Waals surface area contributed by atoms with Crippen molar-refractivity contribution in [1.29, 1.82) is 0 Å². The van der Waals surface area contributed by atoms with E-state index in [1.165, 1.54) is 0 Å². The molecule has 19 heavy (non-hydrogen) atoms. The van der Waals surface area contributed by atoms with Gasteiger partial charge in [0.25, 0.3) is 11.8 Å². The van der Waals surface area contributed by atoms with Crippen LogP contribution in [0.15, 0.2) is 48.5 Å². The zero-order chi connectivity index (χ0) is 13.2. The standard InChI is InChI=1S/C15H12N2O2/c18-14(10-4-2-1-3-5-10)17-12-7-6-11-9-16-15(19)13(11)8-12/h1-8H,9H2,(H,16,19)(H,17,18). The molecule has 4 heteroatoms. The molecule has 0 fully saturated rings. The first kappa shape index (κ1) is 11.5. The number of benzene rings is 2. The fraction of sp³-hybridized carbons (Fsp3) is 0.0667. The lowest BCUT2D eigenvalue weighted by Crippen LogP contribution is -2.13. The summed E-state index contributed by atoms with van der Waals surface area (Å²) in [7, 11) is 0. The molecule has 2 N–H and O–H groups in total. The van der Waals surface area contributed by atoms with E-state index in [2.05, 4.69) is 10.6 Å². The summed E-state index contributed by atoms with van der Waals surface area (Å²) in [5.41, 5.74) is 2.81. The molecule has 4 nitrogen and oxygen atoms in total. The maximum Gasteiger partial charge on any atom is 0.255 e. The van der Waals surface area contributed by atoms with E-state index in [1.807, 2.05) is 24.3 Å². The third-order valence-corrected chi connectivity index (χ3v) is 3.09. The molecule has 94 valence electrons. The van der Waals surface area contributed by atoms with Gasteiger partial charge >= 0.3 is 0 Å². The molecule has 0 saturated carbocycles. The van der Waals surface area contributed by atoms with Crippen LogP contribution in [0.2, 0.25) is 0 Å². The highest BCUT2D eigenvalue weighted by atomic mass is 16.2. The molecular weight excluding hydrogens is 240 g/mol. The average Bonchev–Trinajstić information content (AvgIpc) is 2.81. The van der Waals surface area contributed by atoms with Crippen LogP contribution in [-0.4, -0.2) is 11.8 Å². The van der Waals surface area contributed by atoms with Gasteiger partial charge in [0.15, 0.2) is 0 Å². The van der Waals surface area contributed by atoms with Gasteiger partial charge in [-0.25, -0.2) is 0 Å². The van der Waals surface area contributed by atoms with Gasteiger partial charge in [-0.1, -0.05) is 24.3 Å². The molecule has 0 aliphatic carbocycles. The van der Waals surface area contributed by atoms with Crippen molar-refractivity contribution < 1.29 is 9.59 Å². The first-order chi connectivity index (χ1) is 9.24. The number of carbonyl (C=O) groups is 2. The van der Waals surface area contributed by atoms with E-state index in [0.29, 0.717) is 23.4 Å². The van der Waals surface area contributed by atoms with Crippen molar-refractivity contribution in [2.24, 2.45) is 0 Å². The zero-order valence-electron chi connectivity index (χ0n) is 10.1. The molecule has 2 aromatic rings. The van der Waals surface area contributed by atoms with Crippen molar-refractivity contribution in [3.8, 4) is 0 Å². The number of fused-ring (bicyclic) bond motifs is 1. The quantitative estimate of drug-likeness (QED) is 0.860. The summed E-state index contributed by atoms with van der Waals surface area (Å²) in [6.45, 7) is 0.557. The van der Waals surface area contributed by atoms with E-state index < -0.39 is 0 Å². The van der Waals surface area contributed by atoms with Crippen LogP contribution in [0.25, 0.3) is 0 Å². The summed E-state index contributed by atoms with van der Waals surface area (Å²) in [5, 5.41) is 5.54. The summed E-state index contributed by atoms with van der Waals surface area (Å²) in [6, 6.07) is 14.3. The van der Waals surface area contributed by atoms with Gasteiger partial charge in [-0.3, -0.25) is 9.59 Å². The fourth-order valence-electron chi connectivity index (χ4n) is 2.08. The van der Waals surface area contributed by atoms with Crippen molar-refractivity contribution in [1.82, 2.24) is 5.32 Å². The Morgan fingerprint density at radius 2 is 1.89 bits per heavy atom. The third kappa shape index (κ3) is 2.20. The monoisotopic (exact) mass is 252 g/mol. The molecule has 0 atom stereocenters. The number of rotatable bonds is 2. The van der Waals surface area contributed by atoms with E-state index in [0.717, 1.165) is 5.56 Å². The second kappa shape index (κ2) is 4.57. The second-order valence-corrected chi connectivity index (χ2v) is 4.37. The molecule has 0 saturated heterocycles. The van der Waals surface area contributed by atoms with Gasteiger partial charge < -0.3 is 10.6 Å². The van der Waals surface area contributed by atoms with E-state index in [1.54, 1.807) is 24.3 Å². The maximum absolute atomic E-state index is 12.0. The van der Waals surface area contributed by atoms with Gasteiger partial charge in [0.1, 0.15) is 0 Å². The van der Waals surface area contributed by atoms with Crippen molar-refractivity contribution in [3.63, 3.8) is 0 Å². The second-order valence-electron chi connectivity index (χ2n) is 4.37. The van der Waals surface area contributed by atoms with E-state index in [9.17, 15) is 9.59 Å². The molecule has 3 rings (SSSR count). The lowest BCUT2D eigenvalue weighted by atomic mass is 10.1. The predicted octanol–water partition coefficient (Wildman–Crippen LogP) is 2.18. The van der Waals surface area contributed by atoms with E-state index in [-0.39, 0.29) is 11.8 Å². The fourth-order valence-corrected chi connectivity index (χ4v) is 2.08. The lowest BCUT2D eigenvalue weighted by molar-refractivity contribution is 0.0964. The minimum atomic E-state index is -0.182. The Balaban J connectivity index is 1.83. The molecule has 0 aromatic heterocycles. The minimum absolute atomic E-state index is 0.0918. The van der Waals surface area contributed by atoms with Crippen molar-refractivity contribution >= 4 is 17.5 Å². The van der Waals surface area contributed by atoms with Gasteiger partial charge in [-0.15, -0.1) is 0 Å². The van der Waals surface area contributed by atoms with Crippen LogP contribution in [0.4, 0.5) is 5.69 Å². The Labute approximate surface area is 110 Å². The van der Waals surface area contributed by atoms with Crippen molar-refractivity contribution in [3.05, 3.63) is 65.2 Å². The van der Waals surface area contributed by atoms with Gasteiger partial charge in [0.2, 0.25) is 0 Å². The molecule has 2 amide bonds. The Morgan fingerprint density at radius 3 is 2.68 bits per heavy atom. The summed E-state index contributed by atoms with van der Waals surface area (Å²) in [6.07, 6.45) is 0. The maximum atomic E-state index is 12.0. The average molecular weight is 252 g/mol. The highest BCUT2D eigenvalue weighted by Gasteiger charge is 2.19. The molecule has 1 aliphatic heterocycles. The third-order valence-electron chi connectivity index (χ3n) is 3.09. The first-order valence-electron chi connectivity index (χ1n) is 6.01. The Hall–Kier alpha value is -2.62. The van der Waals surface area contributed by atoms with Crippen LogP contribution in [0, 0.1) is 0 Å². The largest absolute Gasteiger partial charge is 0.348 e. The molecule has 0 radical (unpaired) electrons. The van der Waals surface area contributed by atoms with Gasteiger partial charge in [0.05, 0.1) is 0 Å². The lowest BCUT2D eigenvalue weighted by Gasteiger charge is -2.06. The number of hydrogen-bond acceptors (Lipinski definition) is 2. The van der Waals surface area contributed by atoms with E-state index >= 15 is 0 Å². The summed E-state index contributed by atoms with van der Waals surface area (Å²) in [4.78, 5) is 23.5. The van der Waals surface area contributed by atoms with Crippen LogP contribution >= 0.6 is 0 Å². The summed E-state index contributed by atoms with van der Waals surface area (Å²) in [5.74, 6) is -0.273. The number of hydrogen-bond donors (Lipinski definition) is 2. The van der Waals surface area contributed by atoms with E-state index in [4.69, 9.17) is 0 Å². The zero-order valence-corrected chi connectivity index (χ0v) is 10.1. The van der Waals surface area contributed by atoms with Crippen LogP contribution < -0.4 is 10.6 Å². The summed E-state index contributed by atoms with van der Waals surface area (Å²) < 4.78 is 0. The van der Waals surface area contributed by atoms with Crippen LogP contribution in [0.5, 0.6) is 0 Å². The Kier molecular flexibility index (Phi) is 2.76. The van der Waals surface area contributed by atoms with Gasteiger partial charge in [-0.2, -0.15) is 0 Å². The molecule has 1 heterocycles. The van der Waals surface area contributed by atoms with Crippen LogP contribution in [0.3, 0.4) is 0 Å². The molecule has 2 aromatic carbocycles. The van der Waals surface area contributed by atoms with Crippen LogP contribution in [-0.2, 0) is 6.54 Å². The number of nitrogens with one attached hydrogen (secondary N) is 2. The topological polar surface area (TPSA) is 58.2 Å². The highest BCUT2D eigenvalue weighted by Crippen LogP contribution is 2.20. The molecule has 1 aliphatic rings. The van der Waals surface area contributed by atoms with Crippen molar-refractivity contribution in [2.75, 3.05) is 5.32 Å².